The summed E-state index contributed by atoms with van der Waals surface area (Å²) in [7, 11) is 0. The van der Waals surface area contributed by atoms with E-state index in [1.807, 2.05) is 24.3 Å². The first-order valence-electron chi connectivity index (χ1n) is 10.2. The van der Waals surface area contributed by atoms with E-state index < -0.39 is 0 Å². The quantitative estimate of drug-likeness (QED) is 0.642. The van der Waals surface area contributed by atoms with Gasteiger partial charge in [-0.05, 0) is 36.1 Å². The van der Waals surface area contributed by atoms with Gasteiger partial charge in [-0.1, -0.05) is 24.3 Å². The maximum atomic E-state index is 12.9. The molecule has 7 heteroatoms. The number of fused-ring (bicyclic) bond motifs is 1. The topological polar surface area (TPSA) is 84.9 Å². The van der Waals surface area contributed by atoms with Gasteiger partial charge in [0.25, 0.3) is 11.8 Å². The van der Waals surface area contributed by atoms with Gasteiger partial charge < -0.3 is 14.8 Å². The summed E-state index contributed by atoms with van der Waals surface area (Å²) in [5, 5.41) is 4.39. The molecule has 5 rings (SSSR count). The van der Waals surface area contributed by atoms with Gasteiger partial charge in [-0.25, -0.2) is 0 Å². The molecule has 7 nitrogen and oxygen atoms in total. The number of hydrogen-bond acceptors (Lipinski definition) is 5. The Morgan fingerprint density at radius 1 is 0.903 bits per heavy atom. The van der Waals surface area contributed by atoms with Crippen molar-refractivity contribution < 1.29 is 23.9 Å². The number of carbonyl (C=O) groups excluding carboxylic acids is 3. The average Bonchev–Trinajstić information content (AvgIpc) is 2.79. The third kappa shape index (κ3) is 3.48. The van der Waals surface area contributed by atoms with E-state index in [-0.39, 0.29) is 30.7 Å². The van der Waals surface area contributed by atoms with Gasteiger partial charge >= 0.3 is 0 Å². The van der Waals surface area contributed by atoms with Crippen LogP contribution in [-0.2, 0) is 4.79 Å². The van der Waals surface area contributed by atoms with Crippen LogP contribution in [-0.4, -0.2) is 42.4 Å². The predicted octanol–water partition coefficient (Wildman–Crippen LogP) is 3.63. The molecule has 31 heavy (non-hydrogen) atoms. The molecule has 156 valence electrons. The first kappa shape index (κ1) is 19.1. The normalized spacial score (nSPS) is 14.6. The minimum atomic E-state index is -0.318. The zero-order chi connectivity index (χ0) is 21.4. The van der Waals surface area contributed by atoms with Crippen molar-refractivity contribution in [3.05, 3.63) is 65.7 Å². The summed E-state index contributed by atoms with van der Waals surface area (Å²) in [5.74, 6) is 0.419. The molecule has 3 aromatic rings. The van der Waals surface area contributed by atoms with Crippen molar-refractivity contribution in [2.75, 3.05) is 25.1 Å². The number of nitrogens with one attached hydrogen (secondary N) is 1. The number of imide groups is 1. The molecule has 0 spiro atoms. The van der Waals surface area contributed by atoms with Crippen molar-refractivity contribution in [2.24, 2.45) is 0 Å². The Kier molecular flexibility index (Phi) is 4.78. The summed E-state index contributed by atoms with van der Waals surface area (Å²) in [4.78, 5) is 39.4. The van der Waals surface area contributed by atoms with Crippen molar-refractivity contribution in [3.8, 4) is 11.5 Å². The molecule has 3 aromatic carbocycles. The first-order valence-corrected chi connectivity index (χ1v) is 10.2. The third-order valence-corrected chi connectivity index (χ3v) is 5.47. The van der Waals surface area contributed by atoms with E-state index in [9.17, 15) is 14.4 Å². The molecule has 2 aliphatic heterocycles. The highest BCUT2D eigenvalue weighted by molar-refractivity contribution is 6.25. The molecular formula is C24H20N2O5. The van der Waals surface area contributed by atoms with Crippen LogP contribution in [0.4, 0.5) is 5.69 Å². The van der Waals surface area contributed by atoms with Gasteiger partial charge in [0.05, 0.1) is 0 Å². The molecule has 0 atom stereocenters. The second-order valence-electron chi connectivity index (χ2n) is 7.48. The van der Waals surface area contributed by atoms with Crippen LogP contribution in [0, 0.1) is 0 Å². The number of anilines is 1. The average molecular weight is 416 g/mol. The van der Waals surface area contributed by atoms with E-state index >= 15 is 0 Å². The number of carbonyl (C=O) groups is 3. The molecule has 2 heterocycles. The lowest BCUT2D eigenvalue weighted by atomic mass is 9.94. The summed E-state index contributed by atoms with van der Waals surface area (Å²) in [6, 6.07) is 16.1. The lowest BCUT2D eigenvalue weighted by Gasteiger charge is -2.27. The van der Waals surface area contributed by atoms with E-state index in [1.54, 1.807) is 30.3 Å². The van der Waals surface area contributed by atoms with E-state index in [0.29, 0.717) is 53.3 Å². The molecule has 0 aliphatic carbocycles. The van der Waals surface area contributed by atoms with E-state index in [4.69, 9.17) is 9.47 Å². The molecule has 0 bridgehead atoms. The van der Waals surface area contributed by atoms with Crippen molar-refractivity contribution in [1.82, 2.24) is 4.90 Å². The fourth-order valence-corrected chi connectivity index (χ4v) is 4.03. The zero-order valence-corrected chi connectivity index (χ0v) is 16.7. The van der Waals surface area contributed by atoms with Crippen LogP contribution >= 0.6 is 0 Å². The summed E-state index contributed by atoms with van der Waals surface area (Å²) in [5.41, 5.74) is 1.65. The number of benzene rings is 3. The van der Waals surface area contributed by atoms with Crippen molar-refractivity contribution in [1.29, 1.82) is 0 Å². The lowest BCUT2D eigenvalue weighted by Crippen LogP contribution is -2.41. The molecule has 0 aromatic heterocycles. The number of ether oxygens (including phenoxy) is 2. The number of hydrogen-bond donors (Lipinski definition) is 1. The van der Waals surface area contributed by atoms with Gasteiger partial charge in [0.15, 0.2) is 11.5 Å². The highest BCUT2D eigenvalue weighted by Crippen LogP contribution is 2.33. The van der Waals surface area contributed by atoms with Crippen molar-refractivity contribution >= 4 is 34.2 Å². The first-order chi connectivity index (χ1) is 15.1. The molecule has 0 saturated heterocycles. The van der Waals surface area contributed by atoms with Crippen LogP contribution in [0.1, 0.15) is 33.6 Å². The van der Waals surface area contributed by atoms with Crippen LogP contribution in [0.5, 0.6) is 11.5 Å². The Morgan fingerprint density at radius 2 is 1.58 bits per heavy atom. The summed E-state index contributed by atoms with van der Waals surface area (Å²) < 4.78 is 11.0. The largest absolute Gasteiger partial charge is 0.486 e. The van der Waals surface area contributed by atoms with Crippen LogP contribution in [0.25, 0.3) is 10.8 Å². The summed E-state index contributed by atoms with van der Waals surface area (Å²) in [6.07, 6.45) is 0.545. The Hall–Kier alpha value is -3.87. The molecule has 0 radical (unpaired) electrons. The maximum Gasteiger partial charge on any atom is 0.261 e. The van der Waals surface area contributed by atoms with Crippen LogP contribution < -0.4 is 14.8 Å². The molecule has 0 fully saturated rings. The molecule has 3 amide bonds. The minimum absolute atomic E-state index is 0.178. The van der Waals surface area contributed by atoms with Crippen molar-refractivity contribution in [2.45, 2.75) is 12.8 Å². The van der Waals surface area contributed by atoms with Crippen molar-refractivity contribution in [3.63, 3.8) is 0 Å². The highest BCUT2D eigenvalue weighted by atomic mass is 16.6. The van der Waals surface area contributed by atoms with Crippen LogP contribution in [0.15, 0.2) is 54.6 Å². The van der Waals surface area contributed by atoms with Crippen LogP contribution in [0.2, 0.25) is 0 Å². The predicted molar refractivity (Wildman–Crippen MR) is 115 cm³/mol. The Balaban J connectivity index is 1.23. The maximum absolute atomic E-state index is 12.9. The van der Waals surface area contributed by atoms with E-state index in [0.717, 1.165) is 5.39 Å². The number of rotatable bonds is 5. The summed E-state index contributed by atoms with van der Waals surface area (Å²) in [6.45, 7) is 1.15. The smallest absolute Gasteiger partial charge is 0.261 e. The van der Waals surface area contributed by atoms with E-state index in [1.165, 1.54) is 4.90 Å². The highest BCUT2D eigenvalue weighted by Gasteiger charge is 2.32. The van der Waals surface area contributed by atoms with Gasteiger partial charge in [0, 0.05) is 41.2 Å². The second kappa shape index (κ2) is 7.75. The SMILES string of the molecule is O=C(CCCN1C(=O)c2cccc3cccc(c23)C1=O)Nc1ccc2c(c1)OCCO2. The fraction of sp³-hybridized carbons (Fsp3) is 0.208. The minimum Gasteiger partial charge on any atom is -0.486 e. The number of amides is 3. The monoisotopic (exact) mass is 416 g/mol. The van der Waals surface area contributed by atoms with Gasteiger partial charge in [0.2, 0.25) is 5.91 Å². The molecule has 2 aliphatic rings. The zero-order valence-electron chi connectivity index (χ0n) is 16.7. The van der Waals surface area contributed by atoms with Gasteiger partial charge in [-0.2, -0.15) is 0 Å². The molecule has 0 unspecified atom stereocenters. The van der Waals surface area contributed by atoms with Gasteiger partial charge in [-0.3, -0.25) is 19.3 Å². The van der Waals surface area contributed by atoms with Crippen LogP contribution in [0.3, 0.4) is 0 Å². The summed E-state index contributed by atoms with van der Waals surface area (Å²) >= 11 is 0. The van der Waals surface area contributed by atoms with Gasteiger partial charge in [0.1, 0.15) is 13.2 Å². The Bertz CT molecular complexity index is 1170. The van der Waals surface area contributed by atoms with Gasteiger partial charge in [-0.15, -0.1) is 0 Å². The Labute approximate surface area is 178 Å². The second-order valence-corrected chi connectivity index (χ2v) is 7.48. The Morgan fingerprint density at radius 3 is 2.29 bits per heavy atom. The standard InChI is InChI=1S/C24H20N2O5/c27-21(25-16-9-10-19-20(14-16)31-13-12-30-19)8-3-11-26-23(28)17-6-1-4-15-5-2-7-18(22(15)17)24(26)29/h1-2,4-7,9-10,14H,3,8,11-13H2,(H,25,27). The lowest BCUT2D eigenvalue weighted by molar-refractivity contribution is -0.116. The molecule has 1 N–H and O–H groups in total. The van der Waals surface area contributed by atoms with E-state index in [2.05, 4.69) is 5.32 Å². The molecule has 0 saturated carbocycles. The number of nitrogens with zero attached hydrogens (tertiary/aromatic N) is 1. The third-order valence-electron chi connectivity index (χ3n) is 5.47. The fourth-order valence-electron chi connectivity index (χ4n) is 4.03. The molecular weight excluding hydrogens is 396 g/mol.